The van der Waals surface area contributed by atoms with E-state index in [1.165, 1.54) is 64.9 Å². The van der Waals surface area contributed by atoms with Crippen LogP contribution in [0.3, 0.4) is 0 Å². The van der Waals surface area contributed by atoms with Crippen LogP contribution in [-0.4, -0.2) is 27.5 Å². The lowest BCUT2D eigenvalue weighted by atomic mass is 9.44. The molecule has 4 unspecified atom stereocenters. The molecule has 4 saturated carbocycles. The first-order valence-electron chi connectivity index (χ1n) is 15.0. The summed E-state index contributed by atoms with van der Waals surface area (Å²) >= 11 is 0. The number of carbonyl (C=O) groups is 1. The quantitative estimate of drug-likeness (QED) is 0.268. The molecule has 0 saturated heterocycles. The summed E-state index contributed by atoms with van der Waals surface area (Å²) in [5, 5.41) is 0.298. The Morgan fingerprint density at radius 3 is 2.29 bits per heavy atom. The van der Waals surface area contributed by atoms with Crippen molar-refractivity contribution in [3.63, 3.8) is 0 Å². The molecule has 0 bridgehead atoms. The van der Waals surface area contributed by atoms with Crippen molar-refractivity contribution in [3.8, 4) is 0 Å². The second-order valence-corrected chi connectivity index (χ2v) is 20.0. The van der Waals surface area contributed by atoms with E-state index in [0.29, 0.717) is 34.3 Å². The van der Waals surface area contributed by atoms with Gasteiger partial charge in [0, 0.05) is 12.5 Å². The molecule has 0 amide bonds. The smallest absolute Gasteiger partial charge is 0.305 e. The molecule has 4 heteroatoms. The van der Waals surface area contributed by atoms with Crippen LogP contribution in [0.25, 0.3) is 0 Å². The third-order valence-corrected chi connectivity index (χ3v) is 17.2. The second-order valence-electron chi connectivity index (χ2n) is 15.3. The normalized spacial score (nSPS) is 42.5. The van der Waals surface area contributed by atoms with Crippen molar-refractivity contribution in [1.82, 2.24) is 0 Å². The van der Waals surface area contributed by atoms with Gasteiger partial charge in [-0.1, -0.05) is 41.5 Å². The van der Waals surface area contributed by atoms with Crippen molar-refractivity contribution in [2.75, 3.05) is 7.11 Å². The van der Waals surface area contributed by atoms with E-state index in [1.54, 1.807) is 0 Å². The van der Waals surface area contributed by atoms with Gasteiger partial charge >= 0.3 is 5.97 Å². The highest BCUT2D eigenvalue weighted by atomic mass is 28.4. The summed E-state index contributed by atoms with van der Waals surface area (Å²) in [7, 11) is -0.180. The molecule has 0 radical (unpaired) electrons. The molecule has 0 aromatic heterocycles. The molecule has 0 N–H and O–H groups in total. The molecule has 4 fully saturated rings. The molecule has 0 aliphatic heterocycles. The summed E-state index contributed by atoms with van der Waals surface area (Å²) in [4.78, 5) is 11.8. The van der Waals surface area contributed by atoms with Crippen LogP contribution in [-0.2, 0) is 14.0 Å². The summed E-state index contributed by atoms with van der Waals surface area (Å²) in [5.74, 6) is 4.94. The summed E-state index contributed by atoms with van der Waals surface area (Å²) in [5.41, 5.74) is 0.995. The average Bonchev–Trinajstić information content (AvgIpc) is 3.13. The van der Waals surface area contributed by atoms with Crippen LogP contribution in [0.2, 0.25) is 18.1 Å². The molecule has 0 heterocycles. The topological polar surface area (TPSA) is 35.5 Å². The summed E-state index contributed by atoms with van der Waals surface area (Å²) in [6.45, 7) is 19.7. The zero-order valence-corrected chi connectivity index (χ0v) is 25.5. The molecule has 0 aromatic carbocycles. The number of hydrogen-bond acceptors (Lipinski definition) is 3. The Morgan fingerprint density at radius 2 is 1.63 bits per heavy atom. The van der Waals surface area contributed by atoms with Crippen molar-refractivity contribution in [2.45, 2.75) is 136 Å². The molecular formula is C31H56O3Si. The molecule has 4 aliphatic rings. The Kier molecular flexibility index (Phi) is 7.71. The Hall–Kier alpha value is -0.353. The Morgan fingerprint density at radius 1 is 0.971 bits per heavy atom. The molecule has 9 atom stereocenters. The van der Waals surface area contributed by atoms with Crippen LogP contribution in [0.15, 0.2) is 0 Å². The molecular weight excluding hydrogens is 448 g/mol. The standard InChI is InChI=1S/C31H56O3Si/c1-21(10-15-28(32)33-7)25-13-14-26-24-12-11-22-20-23(34-35(8,9)29(2,3)4)16-18-30(22,5)27(24)17-19-31(25,26)6/h21-27H,10-20H2,1-9H3/t21-,22-,23?,24?,25-,26?,27?,30+,31-/m1/s1. The van der Waals surface area contributed by atoms with Crippen molar-refractivity contribution in [2.24, 2.45) is 46.3 Å². The molecule has 4 rings (SSSR count). The summed E-state index contributed by atoms with van der Waals surface area (Å²) < 4.78 is 11.9. The molecule has 4 aliphatic carbocycles. The molecule has 0 aromatic rings. The summed E-state index contributed by atoms with van der Waals surface area (Å²) in [6.07, 6.45) is 14.5. The van der Waals surface area contributed by atoms with Crippen molar-refractivity contribution in [1.29, 1.82) is 0 Å². The molecule has 35 heavy (non-hydrogen) atoms. The van der Waals surface area contributed by atoms with E-state index in [4.69, 9.17) is 9.16 Å². The Labute approximate surface area is 218 Å². The molecule has 202 valence electrons. The zero-order chi connectivity index (χ0) is 25.8. The maximum atomic E-state index is 11.8. The minimum Gasteiger partial charge on any atom is -0.469 e. The minimum atomic E-state index is -1.70. The summed E-state index contributed by atoms with van der Waals surface area (Å²) in [6, 6.07) is 0. The van der Waals surface area contributed by atoms with Gasteiger partial charge in [-0.15, -0.1) is 0 Å². The fourth-order valence-electron chi connectivity index (χ4n) is 9.54. The number of hydrogen-bond donors (Lipinski definition) is 0. The van der Waals surface area contributed by atoms with Crippen LogP contribution in [0.5, 0.6) is 0 Å². The number of fused-ring (bicyclic) bond motifs is 5. The van der Waals surface area contributed by atoms with E-state index < -0.39 is 8.32 Å². The Bertz CT molecular complexity index is 772. The lowest BCUT2D eigenvalue weighted by Gasteiger charge is -2.61. The predicted octanol–water partition coefficient (Wildman–Crippen LogP) is 8.63. The highest BCUT2D eigenvalue weighted by molar-refractivity contribution is 6.74. The lowest BCUT2D eigenvalue weighted by molar-refractivity contribution is -0.141. The maximum Gasteiger partial charge on any atom is 0.305 e. The zero-order valence-electron chi connectivity index (χ0n) is 24.5. The minimum absolute atomic E-state index is 0.0420. The van der Waals surface area contributed by atoms with E-state index in [1.807, 2.05) is 0 Å². The van der Waals surface area contributed by atoms with Crippen LogP contribution in [0, 0.1) is 46.3 Å². The second kappa shape index (κ2) is 9.75. The SMILES string of the molecule is COC(=O)CC[C@@H](C)[C@H]1CCC2C3CC[C@@H]4CC(O[Si](C)(C)C(C)(C)C)CC[C@]4(C)C3CC[C@@]21C. The lowest BCUT2D eigenvalue weighted by Crippen LogP contribution is -2.55. The highest BCUT2D eigenvalue weighted by Gasteiger charge is 2.60. The van der Waals surface area contributed by atoms with Gasteiger partial charge in [-0.3, -0.25) is 4.79 Å². The number of carbonyl (C=O) groups excluding carboxylic acids is 1. The van der Waals surface area contributed by atoms with Crippen LogP contribution < -0.4 is 0 Å². The first-order chi connectivity index (χ1) is 16.2. The number of esters is 1. The third kappa shape index (κ3) is 4.93. The van der Waals surface area contributed by atoms with Gasteiger partial charge in [-0.25, -0.2) is 0 Å². The van der Waals surface area contributed by atoms with E-state index >= 15 is 0 Å². The van der Waals surface area contributed by atoms with Crippen molar-refractivity contribution >= 4 is 14.3 Å². The van der Waals surface area contributed by atoms with Crippen LogP contribution >= 0.6 is 0 Å². The van der Waals surface area contributed by atoms with E-state index in [0.717, 1.165) is 36.0 Å². The maximum absolute atomic E-state index is 11.8. The predicted molar refractivity (Wildman–Crippen MR) is 148 cm³/mol. The fourth-order valence-corrected chi connectivity index (χ4v) is 10.9. The van der Waals surface area contributed by atoms with Crippen molar-refractivity contribution in [3.05, 3.63) is 0 Å². The van der Waals surface area contributed by atoms with E-state index in [2.05, 4.69) is 54.6 Å². The van der Waals surface area contributed by atoms with Gasteiger partial charge in [0.15, 0.2) is 8.32 Å². The number of rotatable bonds is 6. The number of methoxy groups -OCH3 is 1. The van der Waals surface area contributed by atoms with E-state index in [-0.39, 0.29) is 5.97 Å². The molecule has 3 nitrogen and oxygen atoms in total. The van der Waals surface area contributed by atoms with Gasteiger partial charge in [-0.05, 0) is 129 Å². The average molecular weight is 505 g/mol. The number of ether oxygens (including phenoxy) is 1. The first kappa shape index (κ1) is 27.7. The van der Waals surface area contributed by atoms with Gasteiger partial charge in [-0.2, -0.15) is 0 Å². The van der Waals surface area contributed by atoms with Crippen LogP contribution in [0.1, 0.15) is 112 Å². The fraction of sp³-hybridized carbons (Fsp3) is 0.968. The highest BCUT2D eigenvalue weighted by Crippen LogP contribution is 2.68. The van der Waals surface area contributed by atoms with Crippen LogP contribution in [0.4, 0.5) is 0 Å². The Balaban J connectivity index is 1.43. The molecule has 0 spiro atoms. The first-order valence-corrected chi connectivity index (χ1v) is 17.9. The third-order valence-electron chi connectivity index (χ3n) is 12.7. The largest absolute Gasteiger partial charge is 0.469 e. The van der Waals surface area contributed by atoms with Gasteiger partial charge in [0.05, 0.1) is 7.11 Å². The van der Waals surface area contributed by atoms with E-state index in [9.17, 15) is 4.79 Å². The van der Waals surface area contributed by atoms with Gasteiger partial charge in [0.1, 0.15) is 0 Å². The van der Waals surface area contributed by atoms with Gasteiger partial charge < -0.3 is 9.16 Å². The monoisotopic (exact) mass is 504 g/mol. The van der Waals surface area contributed by atoms with Crippen molar-refractivity contribution < 1.29 is 14.0 Å². The van der Waals surface area contributed by atoms with Gasteiger partial charge in [0.25, 0.3) is 0 Å². The van der Waals surface area contributed by atoms with Gasteiger partial charge in [0.2, 0.25) is 0 Å².